The molecule has 0 aliphatic carbocycles. The van der Waals surface area contributed by atoms with Crippen LogP contribution < -0.4 is 5.32 Å². The SMILES string of the molecule is CCCCC(CC)(CNCC)Cc1c(Br)c(C)nn1C. The molecular weight excluding hydrogens is 314 g/mol. The molecule has 0 aromatic carbocycles. The lowest BCUT2D eigenvalue weighted by molar-refractivity contribution is 0.225. The Bertz CT molecular complexity index is 404. The summed E-state index contributed by atoms with van der Waals surface area (Å²) < 4.78 is 3.23. The molecule has 3 nitrogen and oxygen atoms in total. The molecule has 1 heterocycles. The maximum atomic E-state index is 4.54. The topological polar surface area (TPSA) is 29.9 Å². The Morgan fingerprint density at radius 3 is 2.45 bits per heavy atom. The van der Waals surface area contributed by atoms with Crippen LogP contribution in [0.1, 0.15) is 57.8 Å². The summed E-state index contributed by atoms with van der Waals surface area (Å²) in [6.45, 7) is 11.0. The van der Waals surface area contributed by atoms with Crippen LogP contribution >= 0.6 is 15.9 Å². The molecular formula is C16H30BrN3. The van der Waals surface area contributed by atoms with Gasteiger partial charge in [0, 0.05) is 13.6 Å². The number of hydrogen-bond acceptors (Lipinski definition) is 2. The van der Waals surface area contributed by atoms with Gasteiger partial charge in [0.25, 0.3) is 0 Å². The summed E-state index contributed by atoms with van der Waals surface area (Å²) in [6, 6.07) is 0. The van der Waals surface area contributed by atoms with Crippen molar-refractivity contribution < 1.29 is 0 Å². The number of unbranched alkanes of at least 4 members (excludes halogenated alkanes) is 1. The average molecular weight is 344 g/mol. The van der Waals surface area contributed by atoms with Crippen molar-refractivity contribution in [2.45, 2.75) is 59.8 Å². The second kappa shape index (κ2) is 8.18. The second-order valence-corrected chi connectivity index (χ2v) is 6.68. The molecule has 1 N–H and O–H groups in total. The summed E-state index contributed by atoms with van der Waals surface area (Å²) >= 11 is 3.72. The monoisotopic (exact) mass is 343 g/mol. The molecule has 1 atom stereocenters. The summed E-state index contributed by atoms with van der Waals surface area (Å²) in [5.74, 6) is 0. The molecule has 1 rings (SSSR count). The summed E-state index contributed by atoms with van der Waals surface area (Å²) in [5.41, 5.74) is 2.76. The highest BCUT2D eigenvalue weighted by atomic mass is 79.9. The highest BCUT2D eigenvalue weighted by molar-refractivity contribution is 9.10. The Kier molecular flexibility index (Phi) is 7.24. The fraction of sp³-hybridized carbons (Fsp3) is 0.812. The van der Waals surface area contributed by atoms with Gasteiger partial charge < -0.3 is 5.32 Å². The molecule has 0 aliphatic rings. The molecule has 0 radical (unpaired) electrons. The molecule has 116 valence electrons. The van der Waals surface area contributed by atoms with Crippen molar-refractivity contribution in [2.75, 3.05) is 13.1 Å². The third-order valence-corrected chi connectivity index (χ3v) is 5.40. The van der Waals surface area contributed by atoms with E-state index in [0.29, 0.717) is 5.41 Å². The van der Waals surface area contributed by atoms with Crippen molar-refractivity contribution in [3.8, 4) is 0 Å². The van der Waals surface area contributed by atoms with Crippen LogP contribution in [0.2, 0.25) is 0 Å². The molecule has 20 heavy (non-hydrogen) atoms. The summed E-state index contributed by atoms with van der Waals surface area (Å²) in [5, 5.41) is 8.11. The van der Waals surface area contributed by atoms with Gasteiger partial charge in [0.2, 0.25) is 0 Å². The van der Waals surface area contributed by atoms with Gasteiger partial charge in [-0.3, -0.25) is 4.68 Å². The minimum atomic E-state index is 0.342. The molecule has 0 saturated heterocycles. The van der Waals surface area contributed by atoms with Gasteiger partial charge in [-0.15, -0.1) is 0 Å². The van der Waals surface area contributed by atoms with E-state index in [-0.39, 0.29) is 0 Å². The van der Waals surface area contributed by atoms with Crippen LogP contribution in [0.15, 0.2) is 4.47 Å². The predicted octanol–water partition coefficient (Wildman–Crippen LogP) is 4.23. The molecule has 0 amide bonds. The molecule has 1 aromatic heterocycles. The molecule has 1 aromatic rings. The van der Waals surface area contributed by atoms with E-state index in [9.17, 15) is 0 Å². The van der Waals surface area contributed by atoms with Crippen molar-refractivity contribution in [1.29, 1.82) is 0 Å². The number of aromatic nitrogens is 2. The van der Waals surface area contributed by atoms with Crippen molar-refractivity contribution in [3.05, 3.63) is 15.9 Å². The second-order valence-electron chi connectivity index (χ2n) is 5.88. The molecule has 0 aliphatic heterocycles. The Balaban J connectivity index is 2.97. The number of nitrogens with one attached hydrogen (secondary N) is 1. The van der Waals surface area contributed by atoms with Gasteiger partial charge in [-0.25, -0.2) is 0 Å². The van der Waals surface area contributed by atoms with Crippen LogP contribution in [0.25, 0.3) is 0 Å². The Morgan fingerprint density at radius 2 is 2.00 bits per heavy atom. The lowest BCUT2D eigenvalue weighted by Gasteiger charge is -2.33. The predicted molar refractivity (Wildman–Crippen MR) is 90.1 cm³/mol. The minimum Gasteiger partial charge on any atom is -0.316 e. The normalized spacial score (nSPS) is 14.5. The summed E-state index contributed by atoms with van der Waals surface area (Å²) in [4.78, 5) is 0. The molecule has 4 heteroatoms. The molecule has 0 saturated carbocycles. The van der Waals surface area contributed by atoms with E-state index in [0.717, 1.165) is 25.2 Å². The van der Waals surface area contributed by atoms with E-state index < -0.39 is 0 Å². The van der Waals surface area contributed by atoms with Gasteiger partial charge in [0.05, 0.1) is 15.9 Å². The average Bonchev–Trinajstić information content (AvgIpc) is 2.68. The fourth-order valence-electron chi connectivity index (χ4n) is 2.84. The van der Waals surface area contributed by atoms with Crippen molar-refractivity contribution in [3.63, 3.8) is 0 Å². The van der Waals surface area contributed by atoms with E-state index in [1.54, 1.807) is 0 Å². The largest absolute Gasteiger partial charge is 0.316 e. The van der Waals surface area contributed by atoms with Gasteiger partial charge in [-0.1, -0.05) is 33.6 Å². The molecule has 1 unspecified atom stereocenters. The number of nitrogens with zero attached hydrogens (tertiary/aromatic N) is 2. The van der Waals surface area contributed by atoms with E-state index in [1.807, 2.05) is 4.68 Å². The zero-order valence-electron chi connectivity index (χ0n) is 13.7. The first-order valence-electron chi connectivity index (χ1n) is 7.88. The number of aryl methyl sites for hydroxylation is 2. The maximum absolute atomic E-state index is 4.54. The van der Waals surface area contributed by atoms with Crippen LogP contribution in [-0.2, 0) is 13.5 Å². The first kappa shape index (κ1) is 17.7. The van der Waals surface area contributed by atoms with E-state index in [2.05, 4.69) is 61.1 Å². The quantitative estimate of drug-likeness (QED) is 0.727. The van der Waals surface area contributed by atoms with Crippen molar-refractivity contribution in [2.24, 2.45) is 12.5 Å². The highest BCUT2D eigenvalue weighted by Gasteiger charge is 2.30. The van der Waals surface area contributed by atoms with Crippen LogP contribution in [0.3, 0.4) is 0 Å². The minimum absolute atomic E-state index is 0.342. The van der Waals surface area contributed by atoms with E-state index in [4.69, 9.17) is 0 Å². The van der Waals surface area contributed by atoms with Gasteiger partial charge in [0.1, 0.15) is 0 Å². The highest BCUT2D eigenvalue weighted by Crippen LogP contribution is 2.35. The zero-order valence-corrected chi connectivity index (χ0v) is 15.3. The molecule has 0 spiro atoms. The van der Waals surface area contributed by atoms with Gasteiger partial charge in [-0.2, -0.15) is 5.10 Å². The molecule has 0 fully saturated rings. The van der Waals surface area contributed by atoms with Crippen molar-refractivity contribution in [1.82, 2.24) is 15.1 Å². The summed E-state index contributed by atoms with van der Waals surface area (Å²) in [7, 11) is 2.06. The number of hydrogen-bond donors (Lipinski definition) is 1. The van der Waals surface area contributed by atoms with Crippen LogP contribution in [0.4, 0.5) is 0 Å². The number of rotatable bonds is 9. The standard InChI is InChI=1S/C16H30BrN3/c1-6-9-10-16(7-2,12-18-8-3)11-14-15(17)13(4)19-20(14)5/h18H,6-12H2,1-5H3. The van der Waals surface area contributed by atoms with E-state index in [1.165, 1.54) is 35.8 Å². The van der Waals surface area contributed by atoms with E-state index >= 15 is 0 Å². The Hall–Kier alpha value is -0.350. The van der Waals surface area contributed by atoms with Gasteiger partial charge in [0.15, 0.2) is 0 Å². The van der Waals surface area contributed by atoms with Gasteiger partial charge in [-0.05, 0) is 54.1 Å². The first-order valence-corrected chi connectivity index (χ1v) is 8.67. The third-order valence-electron chi connectivity index (χ3n) is 4.36. The Morgan fingerprint density at radius 1 is 1.30 bits per heavy atom. The third kappa shape index (κ3) is 4.32. The van der Waals surface area contributed by atoms with Crippen LogP contribution in [0.5, 0.6) is 0 Å². The Labute approximate surface area is 132 Å². The lowest BCUT2D eigenvalue weighted by Crippen LogP contribution is -2.36. The summed E-state index contributed by atoms with van der Waals surface area (Å²) in [6.07, 6.45) is 6.14. The first-order chi connectivity index (χ1) is 9.49. The number of halogens is 1. The fourth-order valence-corrected chi connectivity index (χ4v) is 3.31. The van der Waals surface area contributed by atoms with Crippen LogP contribution in [0, 0.1) is 12.3 Å². The van der Waals surface area contributed by atoms with Crippen molar-refractivity contribution >= 4 is 15.9 Å². The van der Waals surface area contributed by atoms with Crippen LogP contribution in [-0.4, -0.2) is 22.9 Å². The zero-order chi connectivity index (χ0) is 15.2. The smallest absolute Gasteiger partial charge is 0.0738 e. The van der Waals surface area contributed by atoms with Gasteiger partial charge >= 0.3 is 0 Å². The molecule has 0 bridgehead atoms. The lowest BCUT2D eigenvalue weighted by atomic mass is 9.76. The maximum Gasteiger partial charge on any atom is 0.0738 e.